The van der Waals surface area contributed by atoms with Crippen LogP contribution in [0.25, 0.3) is 0 Å². The molecule has 0 fully saturated rings. The molecule has 0 bridgehead atoms. The Kier molecular flexibility index (Phi) is 4.58. The monoisotopic (exact) mass is 244 g/mol. The van der Waals surface area contributed by atoms with Gasteiger partial charge in [0.15, 0.2) is 6.10 Å². The van der Waals surface area contributed by atoms with E-state index in [2.05, 4.69) is 4.74 Å². The molecule has 1 N–H and O–H groups in total. The van der Waals surface area contributed by atoms with Crippen LogP contribution in [0.2, 0.25) is 5.02 Å². The van der Waals surface area contributed by atoms with Crippen LogP contribution in [0.1, 0.15) is 5.56 Å². The minimum Gasteiger partial charge on any atom is -0.496 e. The molecular weight excluding hydrogens is 232 g/mol. The van der Waals surface area contributed by atoms with Gasteiger partial charge in [0.2, 0.25) is 0 Å². The van der Waals surface area contributed by atoms with Gasteiger partial charge in [-0.2, -0.15) is 0 Å². The third kappa shape index (κ3) is 3.12. The highest BCUT2D eigenvalue weighted by Gasteiger charge is 2.18. The van der Waals surface area contributed by atoms with E-state index in [0.717, 1.165) is 0 Å². The quantitative estimate of drug-likeness (QED) is 0.814. The van der Waals surface area contributed by atoms with Crippen molar-refractivity contribution in [2.24, 2.45) is 0 Å². The molecule has 0 aliphatic heterocycles. The van der Waals surface area contributed by atoms with Crippen LogP contribution in [0.15, 0.2) is 18.2 Å². The minimum absolute atomic E-state index is 0.108. The first kappa shape index (κ1) is 12.8. The Balaban J connectivity index is 2.86. The lowest BCUT2D eigenvalue weighted by molar-refractivity contribution is -0.150. The van der Waals surface area contributed by atoms with Crippen molar-refractivity contribution in [1.29, 1.82) is 0 Å². The SMILES string of the molecule is COC(=O)C(O)Cc1cc(Cl)ccc1OC. The third-order valence-electron chi connectivity index (χ3n) is 2.13. The van der Waals surface area contributed by atoms with E-state index < -0.39 is 12.1 Å². The maximum absolute atomic E-state index is 11.1. The maximum Gasteiger partial charge on any atom is 0.335 e. The number of aliphatic hydroxyl groups is 1. The van der Waals surface area contributed by atoms with Gasteiger partial charge >= 0.3 is 5.97 Å². The van der Waals surface area contributed by atoms with Crippen molar-refractivity contribution in [3.63, 3.8) is 0 Å². The smallest absolute Gasteiger partial charge is 0.335 e. The Bertz CT molecular complexity index is 378. The number of rotatable bonds is 4. The Hall–Kier alpha value is -1.26. The van der Waals surface area contributed by atoms with Crippen molar-refractivity contribution in [3.05, 3.63) is 28.8 Å². The maximum atomic E-state index is 11.1. The van der Waals surface area contributed by atoms with Gasteiger partial charge in [0, 0.05) is 11.4 Å². The lowest BCUT2D eigenvalue weighted by atomic mass is 10.1. The summed E-state index contributed by atoms with van der Waals surface area (Å²) in [6.07, 6.45) is -1.10. The van der Waals surface area contributed by atoms with Crippen molar-refractivity contribution in [3.8, 4) is 5.75 Å². The number of esters is 1. The van der Waals surface area contributed by atoms with Crippen LogP contribution < -0.4 is 4.74 Å². The number of hydrogen-bond acceptors (Lipinski definition) is 4. The number of halogens is 1. The number of methoxy groups -OCH3 is 2. The number of aliphatic hydroxyl groups excluding tert-OH is 1. The topological polar surface area (TPSA) is 55.8 Å². The highest BCUT2D eigenvalue weighted by Crippen LogP contribution is 2.23. The number of carbonyl (C=O) groups excluding carboxylic acids is 1. The molecule has 1 aromatic carbocycles. The van der Waals surface area contributed by atoms with E-state index in [-0.39, 0.29) is 6.42 Å². The van der Waals surface area contributed by atoms with Crippen LogP contribution in [-0.2, 0) is 16.0 Å². The minimum atomic E-state index is -1.21. The summed E-state index contributed by atoms with van der Waals surface area (Å²) in [6.45, 7) is 0. The fourth-order valence-corrected chi connectivity index (χ4v) is 1.53. The standard InChI is InChI=1S/C11H13ClO4/c1-15-10-4-3-8(12)5-7(10)6-9(13)11(14)16-2/h3-5,9,13H,6H2,1-2H3. The highest BCUT2D eigenvalue weighted by atomic mass is 35.5. The first-order valence-corrected chi connectivity index (χ1v) is 5.04. The zero-order valence-corrected chi connectivity index (χ0v) is 9.82. The fraction of sp³-hybridized carbons (Fsp3) is 0.364. The fourth-order valence-electron chi connectivity index (χ4n) is 1.33. The lowest BCUT2D eigenvalue weighted by Gasteiger charge is -2.12. The summed E-state index contributed by atoms with van der Waals surface area (Å²) in [5.74, 6) is -0.102. The zero-order chi connectivity index (χ0) is 12.1. The Morgan fingerprint density at radius 2 is 2.19 bits per heavy atom. The van der Waals surface area contributed by atoms with Crippen LogP contribution in [0.5, 0.6) is 5.75 Å². The third-order valence-corrected chi connectivity index (χ3v) is 2.36. The Labute approximate surface area is 98.7 Å². The van der Waals surface area contributed by atoms with E-state index in [1.54, 1.807) is 18.2 Å². The van der Waals surface area contributed by atoms with E-state index >= 15 is 0 Å². The highest BCUT2D eigenvalue weighted by molar-refractivity contribution is 6.30. The summed E-state index contributed by atoms with van der Waals surface area (Å²) in [6, 6.07) is 5.00. The molecule has 1 atom stereocenters. The average molecular weight is 245 g/mol. The van der Waals surface area contributed by atoms with Crippen molar-refractivity contribution in [2.45, 2.75) is 12.5 Å². The van der Waals surface area contributed by atoms with Gasteiger partial charge in [-0.15, -0.1) is 0 Å². The largest absolute Gasteiger partial charge is 0.496 e. The molecule has 0 heterocycles. The van der Waals surface area contributed by atoms with E-state index in [1.165, 1.54) is 14.2 Å². The zero-order valence-electron chi connectivity index (χ0n) is 9.07. The second-order valence-corrected chi connectivity index (χ2v) is 3.64. The molecule has 0 saturated carbocycles. The van der Waals surface area contributed by atoms with E-state index in [4.69, 9.17) is 16.3 Å². The van der Waals surface area contributed by atoms with Gasteiger partial charge in [-0.1, -0.05) is 11.6 Å². The van der Waals surface area contributed by atoms with Gasteiger partial charge in [0.25, 0.3) is 0 Å². The number of carbonyl (C=O) groups is 1. The van der Waals surface area contributed by atoms with Gasteiger partial charge in [-0.3, -0.25) is 0 Å². The number of hydrogen-bond donors (Lipinski definition) is 1. The van der Waals surface area contributed by atoms with Gasteiger partial charge in [0.1, 0.15) is 5.75 Å². The first-order chi connectivity index (χ1) is 7.58. The van der Waals surface area contributed by atoms with Crippen molar-refractivity contribution in [1.82, 2.24) is 0 Å². The molecule has 5 heteroatoms. The van der Waals surface area contributed by atoms with Crippen molar-refractivity contribution >= 4 is 17.6 Å². The van der Waals surface area contributed by atoms with Gasteiger partial charge in [-0.25, -0.2) is 4.79 Å². The van der Waals surface area contributed by atoms with Crippen LogP contribution in [0.3, 0.4) is 0 Å². The number of ether oxygens (including phenoxy) is 2. The molecule has 0 aliphatic carbocycles. The van der Waals surface area contributed by atoms with Gasteiger partial charge < -0.3 is 14.6 Å². The van der Waals surface area contributed by atoms with E-state index in [0.29, 0.717) is 16.3 Å². The molecule has 16 heavy (non-hydrogen) atoms. The second-order valence-electron chi connectivity index (χ2n) is 3.20. The molecule has 0 aromatic heterocycles. The molecule has 0 radical (unpaired) electrons. The summed E-state index contributed by atoms with van der Waals surface area (Å²) in [5, 5.41) is 10.0. The van der Waals surface area contributed by atoms with E-state index in [1.807, 2.05) is 0 Å². The molecule has 1 unspecified atom stereocenters. The summed E-state index contributed by atoms with van der Waals surface area (Å²) >= 11 is 5.82. The van der Waals surface area contributed by atoms with Crippen molar-refractivity contribution < 1.29 is 19.4 Å². The van der Waals surface area contributed by atoms with Crippen LogP contribution in [-0.4, -0.2) is 31.4 Å². The molecule has 1 rings (SSSR count). The summed E-state index contributed by atoms with van der Waals surface area (Å²) in [7, 11) is 2.73. The van der Waals surface area contributed by atoms with Gasteiger partial charge in [-0.05, 0) is 23.8 Å². The molecule has 0 saturated heterocycles. The van der Waals surface area contributed by atoms with Crippen LogP contribution >= 0.6 is 11.6 Å². The average Bonchev–Trinajstić information content (AvgIpc) is 2.28. The molecule has 0 aliphatic rings. The Morgan fingerprint density at radius 1 is 1.50 bits per heavy atom. The summed E-state index contributed by atoms with van der Waals surface area (Å²) in [4.78, 5) is 11.1. The molecule has 4 nitrogen and oxygen atoms in total. The molecule has 0 amide bonds. The lowest BCUT2D eigenvalue weighted by Crippen LogP contribution is -2.24. The summed E-state index contributed by atoms with van der Waals surface area (Å²) < 4.78 is 9.52. The summed E-state index contributed by atoms with van der Waals surface area (Å²) in [5.41, 5.74) is 0.660. The predicted molar refractivity (Wildman–Crippen MR) is 59.7 cm³/mol. The second kappa shape index (κ2) is 5.72. The van der Waals surface area contributed by atoms with Crippen molar-refractivity contribution in [2.75, 3.05) is 14.2 Å². The molecule has 88 valence electrons. The van der Waals surface area contributed by atoms with Crippen LogP contribution in [0, 0.1) is 0 Å². The molecule has 0 spiro atoms. The Morgan fingerprint density at radius 3 is 2.75 bits per heavy atom. The van der Waals surface area contributed by atoms with Crippen LogP contribution in [0.4, 0.5) is 0 Å². The van der Waals surface area contributed by atoms with Gasteiger partial charge in [0.05, 0.1) is 14.2 Å². The molecule has 1 aromatic rings. The van der Waals surface area contributed by atoms with E-state index in [9.17, 15) is 9.90 Å². The predicted octanol–water partition coefficient (Wildman–Crippen LogP) is 1.42. The number of benzene rings is 1. The molecular formula is C11H13ClO4. The first-order valence-electron chi connectivity index (χ1n) is 4.66. The normalized spacial score (nSPS) is 12.0.